The highest BCUT2D eigenvalue weighted by atomic mass is 16.5. The van der Waals surface area contributed by atoms with E-state index in [-0.39, 0.29) is 12.5 Å². The van der Waals surface area contributed by atoms with Crippen LogP contribution in [0.15, 0.2) is 60.8 Å². The number of carbonyl (C=O) groups is 1. The van der Waals surface area contributed by atoms with Crippen LogP contribution in [0.4, 0.5) is 17.3 Å². The maximum absolute atomic E-state index is 12.7. The Morgan fingerprint density at radius 2 is 1.93 bits per heavy atom. The molecule has 2 aromatic carbocycles. The zero-order valence-corrected chi connectivity index (χ0v) is 16.6. The van der Waals surface area contributed by atoms with Gasteiger partial charge in [-0.1, -0.05) is 24.3 Å². The molecular weight excluding hydrogens is 382 g/mol. The summed E-state index contributed by atoms with van der Waals surface area (Å²) in [6.45, 7) is -0.249. The summed E-state index contributed by atoms with van der Waals surface area (Å²) in [5, 5.41) is 13.3. The summed E-state index contributed by atoms with van der Waals surface area (Å²) in [5.41, 5.74) is 2.71. The lowest BCUT2D eigenvalue weighted by Gasteiger charge is -2.27. The Morgan fingerprint density at radius 3 is 2.63 bits per heavy atom. The average molecular weight is 403 g/mol. The van der Waals surface area contributed by atoms with Crippen molar-refractivity contribution in [1.29, 1.82) is 0 Å². The number of aromatic nitrogens is 3. The molecule has 2 aromatic heterocycles. The minimum atomic E-state index is -0.270. The van der Waals surface area contributed by atoms with Gasteiger partial charge in [0, 0.05) is 24.3 Å². The van der Waals surface area contributed by atoms with Crippen LogP contribution < -0.4 is 15.0 Å². The predicted octanol–water partition coefficient (Wildman–Crippen LogP) is 3.29. The molecule has 0 radical (unpaired) electrons. The van der Waals surface area contributed by atoms with Crippen molar-refractivity contribution < 1.29 is 14.6 Å². The number of anilines is 3. The van der Waals surface area contributed by atoms with Crippen LogP contribution in [0.2, 0.25) is 0 Å². The fourth-order valence-corrected chi connectivity index (χ4v) is 3.37. The van der Waals surface area contributed by atoms with Crippen molar-refractivity contribution in [2.24, 2.45) is 0 Å². The summed E-state index contributed by atoms with van der Waals surface area (Å²) < 4.78 is 5.60. The molecular formula is C22H21N5O3. The molecule has 0 unspecified atom stereocenters. The topological polar surface area (TPSA) is 103 Å². The normalized spacial score (nSPS) is 10.8. The van der Waals surface area contributed by atoms with Crippen LogP contribution in [0.3, 0.4) is 0 Å². The van der Waals surface area contributed by atoms with Gasteiger partial charge in [-0.2, -0.15) is 4.98 Å². The van der Waals surface area contributed by atoms with E-state index in [0.29, 0.717) is 34.3 Å². The molecule has 4 aromatic rings. The van der Waals surface area contributed by atoms with E-state index >= 15 is 0 Å². The first kappa shape index (κ1) is 19.4. The van der Waals surface area contributed by atoms with Crippen molar-refractivity contribution in [1.82, 2.24) is 20.3 Å². The first-order valence-electron chi connectivity index (χ1n) is 9.37. The van der Waals surface area contributed by atoms with E-state index in [1.807, 2.05) is 36.4 Å². The third-order valence-corrected chi connectivity index (χ3v) is 4.76. The number of methoxy groups -OCH3 is 1. The Balaban J connectivity index is 2.04. The summed E-state index contributed by atoms with van der Waals surface area (Å²) >= 11 is 0. The summed E-state index contributed by atoms with van der Waals surface area (Å²) in [4.78, 5) is 26.8. The van der Waals surface area contributed by atoms with Crippen molar-refractivity contribution in [2.45, 2.75) is 6.61 Å². The van der Waals surface area contributed by atoms with E-state index in [9.17, 15) is 9.90 Å². The summed E-state index contributed by atoms with van der Waals surface area (Å²) in [6.07, 6.45) is 1.74. The second kappa shape index (κ2) is 8.22. The number of ether oxygens (including phenoxy) is 1. The van der Waals surface area contributed by atoms with Crippen LogP contribution in [0.25, 0.3) is 11.0 Å². The zero-order chi connectivity index (χ0) is 21.1. The molecule has 1 amide bonds. The van der Waals surface area contributed by atoms with Crippen LogP contribution in [-0.4, -0.2) is 40.1 Å². The molecule has 3 N–H and O–H groups in total. The van der Waals surface area contributed by atoms with Crippen molar-refractivity contribution in [3.63, 3.8) is 0 Å². The number of hydrogen-bond donors (Lipinski definition) is 3. The molecule has 0 fully saturated rings. The Labute approximate surface area is 173 Å². The summed E-state index contributed by atoms with van der Waals surface area (Å²) in [7, 11) is 3.12. The first-order chi connectivity index (χ1) is 14.7. The number of aliphatic hydroxyl groups is 1. The molecule has 4 rings (SSSR count). The zero-order valence-electron chi connectivity index (χ0n) is 16.6. The maximum atomic E-state index is 12.7. The molecule has 0 saturated heterocycles. The number of amides is 1. The van der Waals surface area contributed by atoms with Crippen molar-refractivity contribution in [3.8, 4) is 5.75 Å². The van der Waals surface area contributed by atoms with Crippen LogP contribution >= 0.6 is 0 Å². The smallest absolute Gasteiger partial charge is 0.253 e. The van der Waals surface area contributed by atoms with Gasteiger partial charge in [0.2, 0.25) is 5.95 Å². The third kappa shape index (κ3) is 3.33. The number of fused-ring (bicyclic) bond motifs is 1. The monoisotopic (exact) mass is 403 g/mol. The minimum Gasteiger partial charge on any atom is -0.495 e. The van der Waals surface area contributed by atoms with E-state index in [1.54, 1.807) is 43.5 Å². The Morgan fingerprint density at radius 1 is 1.13 bits per heavy atom. The van der Waals surface area contributed by atoms with Gasteiger partial charge in [0.05, 0.1) is 25.0 Å². The number of nitrogens with one attached hydrogen (secondary N) is 2. The number of benzene rings is 2. The van der Waals surface area contributed by atoms with Gasteiger partial charge in [-0.25, -0.2) is 4.98 Å². The predicted molar refractivity (Wildman–Crippen MR) is 114 cm³/mol. The largest absolute Gasteiger partial charge is 0.495 e. The SMILES string of the molecule is CNC(=O)c1cccc(OC)c1N(c1ccccc1)c1nc(CO)c2cc[nH]c2n1. The fraction of sp³-hybridized carbons (Fsp3) is 0.136. The second-order valence-electron chi connectivity index (χ2n) is 6.47. The quantitative estimate of drug-likeness (QED) is 0.456. The standard InChI is InChI=1S/C22H21N5O3/c1-23-21(29)16-9-6-10-18(30-2)19(16)27(14-7-4-3-5-8-14)22-25-17(13-28)15-11-12-24-20(15)26-22/h3-12,28H,13H2,1-2H3,(H,23,29)(H,24,25,26). The van der Waals surface area contributed by atoms with Gasteiger partial charge >= 0.3 is 0 Å². The number of nitrogens with zero attached hydrogens (tertiary/aromatic N) is 3. The number of hydrogen-bond acceptors (Lipinski definition) is 6. The van der Waals surface area contributed by atoms with Crippen LogP contribution in [0.1, 0.15) is 16.1 Å². The van der Waals surface area contributed by atoms with Crippen LogP contribution in [0, 0.1) is 0 Å². The summed E-state index contributed by atoms with van der Waals surface area (Å²) in [5.74, 6) is 0.517. The number of rotatable bonds is 6. The lowest BCUT2D eigenvalue weighted by atomic mass is 10.1. The van der Waals surface area contributed by atoms with Gasteiger partial charge in [-0.15, -0.1) is 0 Å². The van der Waals surface area contributed by atoms with E-state index in [1.165, 1.54) is 0 Å². The Kier molecular flexibility index (Phi) is 5.32. The maximum Gasteiger partial charge on any atom is 0.253 e. The molecule has 152 valence electrons. The number of aromatic amines is 1. The van der Waals surface area contributed by atoms with E-state index in [4.69, 9.17) is 4.74 Å². The fourth-order valence-electron chi connectivity index (χ4n) is 3.37. The van der Waals surface area contributed by atoms with E-state index < -0.39 is 0 Å². The molecule has 0 bridgehead atoms. The molecule has 0 atom stereocenters. The van der Waals surface area contributed by atoms with Crippen molar-refractivity contribution in [2.75, 3.05) is 19.1 Å². The van der Waals surface area contributed by atoms with Gasteiger partial charge in [-0.05, 0) is 30.3 Å². The van der Waals surface area contributed by atoms with Gasteiger partial charge in [-0.3, -0.25) is 9.69 Å². The van der Waals surface area contributed by atoms with Gasteiger partial charge in [0.25, 0.3) is 5.91 Å². The highest BCUT2D eigenvalue weighted by molar-refractivity contribution is 6.03. The van der Waals surface area contributed by atoms with Crippen LogP contribution in [-0.2, 0) is 6.61 Å². The van der Waals surface area contributed by atoms with Crippen molar-refractivity contribution in [3.05, 3.63) is 72.1 Å². The van der Waals surface area contributed by atoms with Gasteiger partial charge in [0.15, 0.2) is 0 Å². The second-order valence-corrected chi connectivity index (χ2v) is 6.47. The molecule has 2 heterocycles. The van der Waals surface area contributed by atoms with Gasteiger partial charge < -0.3 is 20.1 Å². The molecule has 0 aliphatic carbocycles. The molecule has 8 heteroatoms. The molecule has 0 aliphatic rings. The molecule has 8 nitrogen and oxygen atoms in total. The van der Waals surface area contributed by atoms with E-state index in [0.717, 1.165) is 11.1 Å². The highest BCUT2D eigenvalue weighted by Gasteiger charge is 2.26. The number of aliphatic hydroxyl groups excluding tert-OH is 1. The Bertz CT molecular complexity index is 1190. The number of carbonyl (C=O) groups excluding carboxylic acids is 1. The summed E-state index contributed by atoms with van der Waals surface area (Å²) in [6, 6.07) is 16.5. The highest BCUT2D eigenvalue weighted by Crippen LogP contribution is 2.41. The molecule has 30 heavy (non-hydrogen) atoms. The van der Waals surface area contributed by atoms with E-state index in [2.05, 4.69) is 20.3 Å². The van der Waals surface area contributed by atoms with Crippen LogP contribution in [0.5, 0.6) is 5.75 Å². The molecule has 0 saturated carbocycles. The first-order valence-corrected chi connectivity index (χ1v) is 9.37. The lowest BCUT2D eigenvalue weighted by molar-refractivity contribution is 0.0963. The van der Waals surface area contributed by atoms with Gasteiger partial charge in [0.1, 0.15) is 17.1 Å². The molecule has 0 spiro atoms. The number of H-pyrrole nitrogens is 1. The minimum absolute atomic E-state index is 0.249. The van der Waals surface area contributed by atoms with Crippen molar-refractivity contribution >= 4 is 34.3 Å². The average Bonchev–Trinajstić information content (AvgIpc) is 3.28. The third-order valence-electron chi connectivity index (χ3n) is 4.76. The number of para-hydroxylation sites is 2. The Hall–Kier alpha value is -3.91. The molecule has 0 aliphatic heterocycles. The lowest BCUT2D eigenvalue weighted by Crippen LogP contribution is -2.23.